The third-order valence-corrected chi connectivity index (χ3v) is 16.6. The van der Waals surface area contributed by atoms with E-state index in [1.807, 2.05) is 12.1 Å². The van der Waals surface area contributed by atoms with Crippen LogP contribution in [0.5, 0.6) is 0 Å². The zero-order valence-corrected chi connectivity index (χ0v) is 29.4. The number of benzene rings is 4. The van der Waals surface area contributed by atoms with Gasteiger partial charge in [-0.2, -0.15) is 0 Å². The molecule has 6 rings (SSSR count). The second kappa shape index (κ2) is 11.3. The van der Waals surface area contributed by atoms with Crippen LogP contribution in [0.3, 0.4) is 0 Å². The molecule has 0 aromatic heterocycles. The van der Waals surface area contributed by atoms with Crippen LogP contribution in [-0.2, 0) is 38.5 Å². The Balaban J connectivity index is 1.74. The molecule has 0 aliphatic heterocycles. The van der Waals surface area contributed by atoms with E-state index in [-0.39, 0.29) is 10.8 Å². The van der Waals surface area contributed by atoms with Crippen molar-refractivity contribution in [1.29, 1.82) is 0 Å². The van der Waals surface area contributed by atoms with Gasteiger partial charge in [0.1, 0.15) is 0 Å². The zero-order chi connectivity index (χ0) is 29.8. The molecule has 0 atom stereocenters. The Kier molecular flexibility index (Phi) is 8.02. The number of rotatable bonds is 4. The van der Waals surface area contributed by atoms with Crippen LogP contribution in [0.4, 0.5) is 0 Å². The minimum absolute atomic E-state index is 0.0248. The summed E-state index contributed by atoms with van der Waals surface area (Å²) < 4.78 is 4.61. The van der Waals surface area contributed by atoms with Crippen LogP contribution < -0.4 is 3.27 Å². The maximum absolute atomic E-state index is 6.66. The fourth-order valence-electron chi connectivity index (χ4n) is 6.24. The van der Waals surface area contributed by atoms with E-state index in [1.165, 1.54) is 47.7 Å². The van der Waals surface area contributed by atoms with Gasteiger partial charge in [0.25, 0.3) is 0 Å². The maximum atomic E-state index is 6.66. The molecule has 0 bridgehead atoms. The van der Waals surface area contributed by atoms with E-state index >= 15 is 0 Å². The van der Waals surface area contributed by atoms with Gasteiger partial charge in [-0.05, 0) is 0 Å². The molecular formula is C39H38Cl2Zr. The number of hydrogen-bond donors (Lipinski definition) is 0. The van der Waals surface area contributed by atoms with Crippen LogP contribution in [0.25, 0.3) is 11.1 Å². The second-order valence-electron chi connectivity index (χ2n) is 13.7. The molecule has 0 heterocycles. The Morgan fingerprint density at radius 3 is 1.86 bits per heavy atom. The predicted molar refractivity (Wildman–Crippen MR) is 180 cm³/mol. The molecule has 0 fully saturated rings. The fraction of sp³-hybridized carbons (Fsp3) is 0.256. The SMILES string of the molecule is CC(C)(C)c1ccc2c(c1)-c1cc(C(C)(C)C)c[c]([Zr]([C]3=CC=CC3)=[C](c3cccc(Cl)c3)c3cccc(Cl)c3)c1C2. The van der Waals surface area contributed by atoms with Gasteiger partial charge in [0.2, 0.25) is 0 Å². The van der Waals surface area contributed by atoms with Crippen molar-refractivity contribution in [1.82, 2.24) is 0 Å². The molecule has 212 valence electrons. The topological polar surface area (TPSA) is 0 Å². The van der Waals surface area contributed by atoms with E-state index < -0.39 is 21.3 Å². The molecule has 0 unspecified atom stereocenters. The van der Waals surface area contributed by atoms with Gasteiger partial charge >= 0.3 is 271 Å². The summed E-state index contributed by atoms with van der Waals surface area (Å²) >= 11 is 10.5. The van der Waals surface area contributed by atoms with Crippen LogP contribution in [0, 0.1) is 0 Å². The second-order valence-corrected chi connectivity index (χ2v) is 20.5. The van der Waals surface area contributed by atoms with Gasteiger partial charge in [0.15, 0.2) is 0 Å². The normalized spacial score (nSPS) is 14.0. The Labute approximate surface area is 269 Å². The molecule has 42 heavy (non-hydrogen) atoms. The van der Waals surface area contributed by atoms with Gasteiger partial charge in [0.05, 0.1) is 0 Å². The molecule has 4 aromatic carbocycles. The molecule has 2 aliphatic rings. The minimum atomic E-state index is -2.82. The van der Waals surface area contributed by atoms with E-state index in [0.717, 1.165) is 22.9 Å². The quantitative estimate of drug-likeness (QED) is 0.179. The molecular weight excluding hydrogens is 631 g/mol. The van der Waals surface area contributed by atoms with Gasteiger partial charge in [-0.25, -0.2) is 0 Å². The van der Waals surface area contributed by atoms with Crippen LogP contribution in [0.15, 0.2) is 100 Å². The van der Waals surface area contributed by atoms with Gasteiger partial charge in [0, 0.05) is 0 Å². The summed E-state index contributed by atoms with van der Waals surface area (Å²) in [6, 6.07) is 29.2. The van der Waals surface area contributed by atoms with Crippen molar-refractivity contribution in [3.63, 3.8) is 0 Å². The summed E-state index contributed by atoms with van der Waals surface area (Å²) in [5.41, 5.74) is 11.2. The molecule has 0 amide bonds. The molecule has 0 saturated heterocycles. The van der Waals surface area contributed by atoms with Gasteiger partial charge in [-0.3, -0.25) is 0 Å². The summed E-state index contributed by atoms with van der Waals surface area (Å²) in [6.45, 7) is 14.0. The van der Waals surface area contributed by atoms with Crippen LogP contribution in [0.2, 0.25) is 10.0 Å². The van der Waals surface area contributed by atoms with Crippen molar-refractivity contribution in [3.8, 4) is 11.1 Å². The average molecular weight is 669 g/mol. The first-order valence-electron chi connectivity index (χ1n) is 14.8. The van der Waals surface area contributed by atoms with Crippen LogP contribution in [-0.4, -0.2) is 3.21 Å². The summed E-state index contributed by atoms with van der Waals surface area (Å²) in [4.78, 5) is 0. The Hall–Kier alpha value is -2.31. The summed E-state index contributed by atoms with van der Waals surface area (Å²) in [5.74, 6) is 0. The molecule has 0 spiro atoms. The molecule has 0 N–H and O–H groups in total. The third kappa shape index (κ3) is 5.78. The number of hydrogen-bond acceptors (Lipinski definition) is 0. The van der Waals surface area contributed by atoms with Gasteiger partial charge < -0.3 is 0 Å². The Morgan fingerprint density at radius 1 is 0.690 bits per heavy atom. The molecule has 0 radical (unpaired) electrons. The summed E-state index contributed by atoms with van der Waals surface area (Å²) in [6.07, 6.45) is 8.97. The number of halogens is 2. The molecule has 0 saturated carbocycles. The molecule has 3 heteroatoms. The van der Waals surface area contributed by atoms with E-state index in [9.17, 15) is 0 Å². The van der Waals surface area contributed by atoms with E-state index in [4.69, 9.17) is 23.2 Å². The average Bonchev–Trinajstić information content (AvgIpc) is 3.58. The van der Waals surface area contributed by atoms with Gasteiger partial charge in [-0.15, -0.1) is 0 Å². The van der Waals surface area contributed by atoms with Crippen molar-refractivity contribution in [2.75, 3.05) is 0 Å². The Bertz CT molecular complexity index is 1760. The first-order valence-corrected chi connectivity index (χ1v) is 19.3. The third-order valence-electron chi connectivity index (χ3n) is 8.59. The first kappa shape index (κ1) is 29.8. The van der Waals surface area contributed by atoms with Crippen molar-refractivity contribution in [2.24, 2.45) is 0 Å². The van der Waals surface area contributed by atoms with Crippen LogP contribution >= 0.6 is 23.2 Å². The number of allylic oxidation sites excluding steroid dienone is 4. The fourth-order valence-corrected chi connectivity index (χ4v) is 14.6. The Morgan fingerprint density at radius 2 is 1.31 bits per heavy atom. The molecule has 4 aromatic rings. The van der Waals surface area contributed by atoms with Crippen molar-refractivity contribution < 1.29 is 21.3 Å². The van der Waals surface area contributed by atoms with E-state index in [1.54, 1.807) is 6.55 Å². The molecule has 0 nitrogen and oxygen atoms in total. The summed E-state index contributed by atoms with van der Waals surface area (Å²) in [5, 5.41) is 1.54. The predicted octanol–water partition coefficient (Wildman–Crippen LogP) is 10.5. The van der Waals surface area contributed by atoms with Crippen molar-refractivity contribution in [2.45, 2.75) is 65.2 Å². The molecule has 2 aliphatic carbocycles. The van der Waals surface area contributed by atoms with Crippen LogP contribution in [0.1, 0.15) is 81.3 Å². The number of fused-ring (bicyclic) bond motifs is 3. The summed E-state index contributed by atoms with van der Waals surface area (Å²) in [7, 11) is 0. The van der Waals surface area contributed by atoms with Gasteiger partial charge in [-0.1, -0.05) is 0 Å². The van der Waals surface area contributed by atoms with E-state index in [0.29, 0.717) is 0 Å². The zero-order valence-electron chi connectivity index (χ0n) is 25.4. The monoisotopic (exact) mass is 666 g/mol. The van der Waals surface area contributed by atoms with E-state index in [2.05, 4.69) is 127 Å². The first-order chi connectivity index (χ1) is 19.9. The standard InChI is InChI=1S/C21H25.C13H8Cl2.C5H5.Zr/c1-20(2,3)16-9-7-14-11-15-8-10-17(21(4,5)6)13-19(15)18(14)12-16;14-12-5-1-3-10(8-12)7-11-4-2-6-13(15)9-11;1-2-4-5-3-1;/h7,9-10,12-13H,11H2,1-6H3;1-6,8-9H;1-3H,4H2;. The van der Waals surface area contributed by atoms with Crippen molar-refractivity contribution >= 4 is 29.7 Å². The van der Waals surface area contributed by atoms with Crippen molar-refractivity contribution in [3.05, 3.63) is 144 Å².